The summed E-state index contributed by atoms with van der Waals surface area (Å²) in [5, 5.41) is 3.46. The van der Waals surface area contributed by atoms with Crippen molar-refractivity contribution in [3.05, 3.63) is 12.3 Å². The third-order valence-electron chi connectivity index (χ3n) is 3.41. The lowest BCUT2D eigenvalue weighted by molar-refractivity contribution is 0.232. The molecule has 5 nitrogen and oxygen atoms in total. The maximum absolute atomic E-state index is 5.68. The van der Waals surface area contributed by atoms with Crippen molar-refractivity contribution in [2.45, 2.75) is 52.2 Å². The van der Waals surface area contributed by atoms with E-state index in [9.17, 15) is 0 Å². The third kappa shape index (κ3) is 4.07. The lowest BCUT2D eigenvalue weighted by Crippen LogP contribution is -2.47. The van der Waals surface area contributed by atoms with Crippen molar-refractivity contribution in [1.29, 1.82) is 0 Å². The van der Waals surface area contributed by atoms with Crippen LogP contribution in [-0.4, -0.2) is 41.7 Å². The molecule has 0 spiro atoms. The first-order chi connectivity index (χ1) is 9.70. The molecule has 1 aliphatic rings. The average molecular weight is 278 g/mol. The van der Waals surface area contributed by atoms with E-state index in [-0.39, 0.29) is 6.10 Å². The van der Waals surface area contributed by atoms with Crippen LogP contribution in [0.15, 0.2) is 12.3 Å². The molecule has 2 rings (SSSR count). The molecule has 1 saturated heterocycles. The summed E-state index contributed by atoms with van der Waals surface area (Å²) in [5.41, 5.74) is 0. The van der Waals surface area contributed by atoms with Crippen LogP contribution in [-0.2, 0) is 0 Å². The minimum absolute atomic E-state index is 0.133. The molecule has 1 aromatic rings. The number of piperidine rings is 1. The molecule has 0 radical (unpaired) electrons. The van der Waals surface area contributed by atoms with E-state index < -0.39 is 0 Å². The maximum Gasteiger partial charge on any atom is 0.228 e. The van der Waals surface area contributed by atoms with Gasteiger partial charge in [0.05, 0.1) is 6.10 Å². The summed E-state index contributed by atoms with van der Waals surface area (Å²) < 4.78 is 5.68. The summed E-state index contributed by atoms with van der Waals surface area (Å²) in [6.45, 7) is 9.33. The Morgan fingerprint density at radius 3 is 3.00 bits per heavy atom. The molecule has 5 heteroatoms. The molecule has 1 N–H and O–H groups in total. The van der Waals surface area contributed by atoms with Crippen LogP contribution in [0.1, 0.15) is 40.0 Å². The Morgan fingerprint density at radius 2 is 2.35 bits per heavy atom. The van der Waals surface area contributed by atoms with E-state index in [1.54, 1.807) is 6.20 Å². The van der Waals surface area contributed by atoms with Gasteiger partial charge in [-0.3, -0.25) is 0 Å². The molecule has 0 aromatic carbocycles. The van der Waals surface area contributed by atoms with Crippen LogP contribution in [0.25, 0.3) is 0 Å². The van der Waals surface area contributed by atoms with Crippen LogP contribution in [0.5, 0.6) is 5.88 Å². The predicted molar refractivity (Wildman–Crippen MR) is 81.3 cm³/mol. The summed E-state index contributed by atoms with van der Waals surface area (Å²) in [4.78, 5) is 11.3. The fourth-order valence-electron chi connectivity index (χ4n) is 2.56. The highest BCUT2D eigenvalue weighted by Gasteiger charge is 2.22. The van der Waals surface area contributed by atoms with Gasteiger partial charge in [0.15, 0.2) is 0 Å². The highest BCUT2D eigenvalue weighted by Crippen LogP contribution is 2.19. The van der Waals surface area contributed by atoms with E-state index in [4.69, 9.17) is 4.74 Å². The molecule has 1 aromatic heterocycles. The number of hydrogen-bond donors (Lipinski definition) is 1. The van der Waals surface area contributed by atoms with Crippen LogP contribution in [0, 0.1) is 0 Å². The monoisotopic (exact) mass is 278 g/mol. The molecule has 1 atom stereocenters. The van der Waals surface area contributed by atoms with Gasteiger partial charge in [0.2, 0.25) is 11.8 Å². The zero-order valence-electron chi connectivity index (χ0n) is 12.8. The average Bonchev–Trinajstić information content (AvgIpc) is 2.45. The van der Waals surface area contributed by atoms with E-state index in [0.29, 0.717) is 11.9 Å². The second kappa shape index (κ2) is 7.43. The summed E-state index contributed by atoms with van der Waals surface area (Å²) in [7, 11) is 0. The number of anilines is 1. The van der Waals surface area contributed by atoms with Crippen molar-refractivity contribution >= 4 is 5.95 Å². The fourth-order valence-corrected chi connectivity index (χ4v) is 2.56. The standard InChI is InChI=1S/C15H26N4O/c1-4-10-19(13-6-5-8-16-11-13)15-17-9-7-14(18-15)20-12(2)3/h7,9,12-13,16H,4-6,8,10-11H2,1-3H3. The van der Waals surface area contributed by atoms with Gasteiger partial charge in [-0.15, -0.1) is 0 Å². The molecule has 0 saturated carbocycles. The quantitative estimate of drug-likeness (QED) is 0.865. The van der Waals surface area contributed by atoms with Crippen molar-refractivity contribution < 1.29 is 4.74 Å². The van der Waals surface area contributed by atoms with Gasteiger partial charge in [-0.05, 0) is 39.7 Å². The molecule has 2 heterocycles. The van der Waals surface area contributed by atoms with Crippen molar-refractivity contribution in [3.8, 4) is 5.88 Å². The Labute approximate surface area is 121 Å². The molecule has 0 amide bonds. The van der Waals surface area contributed by atoms with E-state index >= 15 is 0 Å². The molecule has 0 aliphatic carbocycles. The molecule has 20 heavy (non-hydrogen) atoms. The first kappa shape index (κ1) is 15.0. The van der Waals surface area contributed by atoms with Crippen LogP contribution in [0.2, 0.25) is 0 Å². The van der Waals surface area contributed by atoms with Crippen LogP contribution in [0.4, 0.5) is 5.95 Å². The summed E-state index contributed by atoms with van der Waals surface area (Å²) >= 11 is 0. The van der Waals surface area contributed by atoms with Gasteiger partial charge < -0.3 is 15.0 Å². The Morgan fingerprint density at radius 1 is 1.50 bits per heavy atom. The first-order valence-corrected chi connectivity index (χ1v) is 7.67. The second-order valence-electron chi connectivity index (χ2n) is 5.56. The van der Waals surface area contributed by atoms with Crippen molar-refractivity contribution in [3.63, 3.8) is 0 Å². The lowest BCUT2D eigenvalue weighted by atomic mass is 10.1. The van der Waals surface area contributed by atoms with Crippen molar-refractivity contribution in [1.82, 2.24) is 15.3 Å². The van der Waals surface area contributed by atoms with Crippen LogP contribution in [0.3, 0.4) is 0 Å². The minimum atomic E-state index is 0.133. The van der Waals surface area contributed by atoms with E-state index in [1.165, 1.54) is 12.8 Å². The molecular formula is C15H26N4O. The van der Waals surface area contributed by atoms with Crippen molar-refractivity contribution in [2.24, 2.45) is 0 Å². The van der Waals surface area contributed by atoms with Gasteiger partial charge >= 0.3 is 0 Å². The number of ether oxygens (including phenoxy) is 1. The fraction of sp³-hybridized carbons (Fsp3) is 0.733. The Balaban J connectivity index is 2.15. The van der Waals surface area contributed by atoms with Crippen LogP contribution >= 0.6 is 0 Å². The largest absolute Gasteiger partial charge is 0.475 e. The number of nitrogens with one attached hydrogen (secondary N) is 1. The zero-order valence-corrected chi connectivity index (χ0v) is 12.8. The number of aromatic nitrogens is 2. The molecule has 112 valence electrons. The van der Waals surface area contributed by atoms with Gasteiger partial charge in [0.1, 0.15) is 0 Å². The van der Waals surface area contributed by atoms with Gasteiger partial charge in [-0.1, -0.05) is 6.92 Å². The lowest BCUT2D eigenvalue weighted by Gasteiger charge is -2.34. The Hall–Kier alpha value is -1.36. The van der Waals surface area contributed by atoms with Gasteiger partial charge in [-0.25, -0.2) is 4.98 Å². The molecule has 0 bridgehead atoms. The topological polar surface area (TPSA) is 50.3 Å². The van der Waals surface area contributed by atoms with Crippen molar-refractivity contribution in [2.75, 3.05) is 24.5 Å². The first-order valence-electron chi connectivity index (χ1n) is 7.67. The highest BCUT2D eigenvalue weighted by molar-refractivity contribution is 5.34. The minimum Gasteiger partial charge on any atom is -0.475 e. The van der Waals surface area contributed by atoms with E-state index in [1.807, 2.05) is 19.9 Å². The smallest absolute Gasteiger partial charge is 0.228 e. The predicted octanol–water partition coefficient (Wildman–Crippen LogP) is 2.23. The molecular weight excluding hydrogens is 252 g/mol. The molecule has 1 fully saturated rings. The highest BCUT2D eigenvalue weighted by atomic mass is 16.5. The second-order valence-corrected chi connectivity index (χ2v) is 5.56. The number of rotatable bonds is 6. The third-order valence-corrected chi connectivity index (χ3v) is 3.41. The summed E-state index contributed by atoms with van der Waals surface area (Å²) in [5.74, 6) is 1.45. The SMILES string of the molecule is CCCN(c1nccc(OC(C)C)n1)C1CCCNC1. The number of nitrogens with zero attached hydrogens (tertiary/aromatic N) is 3. The molecule has 1 unspecified atom stereocenters. The number of hydrogen-bond acceptors (Lipinski definition) is 5. The Kier molecular flexibility index (Phi) is 5.59. The Bertz CT molecular complexity index is 405. The summed E-state index contributed by atoms with van der Waals surface area (Å²) in [6.07, 6.45) is 5.43. The zero-order chi connectivity index (χ0) is 14.4. The van der Waals surface area contributed by atoms with Crippen LogP contribution < -0.4 is 15.0 Å². The normalized spacial score (nSPS) is 19.1. The van der Waals surface area contributed by atoms with E-state index in [2.05, 4.69) is 27.1 Å². The van der Waals surface area contributed by atoms with Gasteiger partial charge in [-0.2, -0.15) is 4.98 Å². The van der Waals surface area contributed by atoms with Gasteiger partial charge in [0.25, 0.3) is 0 Å². The summed E-state index contributed by atoms with van der Waals surface area (Å²) in [6, 6.07) is 2.31. The van der Waals surface area contributed by atoms with E-state index in [0.717, 1.165) is 32.0 Å². The van der Waals surface area contributed by atoms with Gasteiger partial charge in [0, 0.05) is 31.4 Å². The molecule has 1 aliphatic heterocycles. The maximum atomic E-state index is 5.68.